The lowest BCUT2D eigenvalue weighted by Crippen LogP contribution is -2.02. The summed E-state index contributed by atoms with van der Waals surface area (Å²) in [5, 5.41) is 23.8. The van der Waals surface area contributed by atoms with E-state index in [1.807, 2.05) is 0 Å². The third-order valence-corrected chi connectivity index (χ3v) is 2.16. The fraction of sp³-hybridized carbons (Fsp3) is 0.214. The Labute approximate surface area is 122 Å². The first-order valence-corrected chi connectivity index (χ1v) is 6.15. The maximum atomic E-state index is 10.5. The summed E-state index contributed by atoms with van der Waals surface area (Å²) in [5.74, 6) is -2.24. The van der Waals surface area contributed by atoms with Crippen LogP contribution in [0.5, 0.6) is 0 Å². The van der Waals surface area contributed by atoms with E-state index in [1.165, 1.54) is 37.4 Å². The van der Waals surface area contributed by atoms with E-state index in [1.54, 1.807) is 6.92 Å². The van der Waals surface area contributed by atoms with Crippen LogP contribution in [0.15, 0.2) is 40.9 Å². The molecule has 0 atom stereocenters. The molecule has 110 valence electrons. The standard InChI is InChI=1S/C9H8O4.C3H5.C2H2N3/c1-5-2-6(8(10)11)4-7(3-5)9(12)13;1-2-3-1;1-2-4-5-3-1/h2-4H,1H3,(H,10,11)(H,12,13);1H,2-3H2;1-2H. The highest BCUT2D eigenvalue weighted by molar-refractivity contribution is 5.94. The summed E-state index contributed by atoms with van der Waals surface area (Å²) in [4.78, 5) is 21.1. The van der Waals surface area contributed by atoms with E-state index >= 15 is 0 Å². The number of carbonyl (C=O) groups is 2. The van der Waals surface area contributed by atoms with Gasteiger partial charge in [0.25, 0.3) is 0 Å². The molecule has 1 aromatic carbocycles. The average Bonchev–Trinajstić information content (AvgIpc) is 3.20. The van der Waals surface area contributed by atoms with Crippen LogP contribution in [0, 0.1) is 13.3 Å². The summed E-state index contributed by atoms with van der Waals surface area (Å²) < 4.78 is 0. The molecule has 3 rings (SSSR count). The second-order valence-electron chi connectivity index (χ2n) is 4.18. The number of benzene rings is 1. The van der Waals surface area contributed by atoms with E-state index in [9.17, 15) is 9.59 Å². The first-order valence-electron chi connectivity index (χ1n) is 6.15. The van der Waals surface area contributed by atoms with Gasteiger partial charge >= 0.3 is 11.9 Å². The van der Waals surface area contributed by atoms with Gasteiger partial charge in [0.2, 0.25) is 0 Å². The monoisotopic (exact) mass is 289 g/mol. The van der Waals surface area contributed by atoms with Gasteiger partial charge in [-0.2, -0.15) is 0 Å². The largest absolute Gasteiger partial charge is 0.478 e. The molecule has 0 unspecified atom stereocenters. The predicted molar refractivity (Wildman–Crippen MR) is 74.8 cm³/mol. The number of hydrogen-bond acceptors (Lipinski definition) is 4. The molecule has 21 heavy (non-hydrogen) atoms. The van der Waals surface area contributed by atoms with Crippen LogP contribution >= 0.6 is 0 Å². The molecule has 1 aliphatic heterocycles. The smallest absolute Gasteiger partial charge is 0.335 e. The van der Waals surface area contributed by atoms with Gasteiger partial charge in [-0.1, -0.05) is 0 Å². The summed E-state index contributed by atoms with van der Waals surface area (Å²) >= 11 is 0. The number of carboxylic acids is 2. The normalized spacial score (nSPS) is 13.2. The maximum absolute atomic E-state index is 10.5. The Balaban J connectivity index is 0.000000221. The molecule has 1 heterocycles. The van der Waals surface area contributed by atoms with E-state index in [4.69, 9.17) is 10.2 Å². The molecule has 0 saturated heterocycles. The van der Waals surface area contributed by atoms with E-state index in [0.717, 1.165) is 6.07 Å². The molecule has 2 radical (unpaired) electrons. The quantitative estimate of drug-likeness (QED) is 0.871. The molecule has 0 amide bonds. The molecule has 7 nitrogen and oxygen atoms in total. The molecule has 0 spiro atoms. The number of aryl methyl sites for hydroxylation is 1. The Bertz CT molecular complexity index is 520. The lowest BCUT2D eigenvalue weighted by Gasteiger charge is -1.99. The third kappa shape index (κ3) is 7.46. The molecule has 2 N–H and O–H groups in total. The molecule has 0 aromatic heterocycles. The second kappa shape index (κ2) is 8.47. The Morgan fingerprint density at radius 1 is 1.00 bits per heavy atom. The van der Waals surface area contributed by atoms with Crippen LogP contribution in [0.25, 0.3) is 0 Å². The van der Waals surface area contributed by atoms with Gasteiger partial charge < -0.3 is 10.2 Å². The maximum Gasteiger partial charge on any atom is 0.335 e. The number of aromatic carboxylic acids is 2. The SMILES string of the molecule is C1=CN=N[N]1.Cc1cc(C(=O)O)cc(C(=O)O)c1.[CH]1CC1. The highest BCUT2D eigenvalue weighted by atomic mass is 16.4. The van der Waals surface area contributed by atoms with Gasteiger partial charge in [0.1, 0.15) is 0 Å². The lowest BCUT2D eigenvalue weighted by molar-refractivity contribution is 0.0696. The fourth-order valence-corrected chi connectivity index (χ4v) is 1.18. The summed E-state index contributed by atoms with van der Waals surface area (Å²) in [6, 6.07) is 3.99. The Morgan fingerprint density at radius 2 is 1.52 bits per heavy atom. The molecule has 0 bridgehead atoms. The second-order valence-corrected chi connectivity index (χ2v) is 4.18. The van der Waals surface area contributed by atoms with Crippen LogP contribution < -0.4 is 5.43 Å². The van der Waals surface area contributed by atoms with E-state index in [2.05, 4.69) is 22.2 Å². The molecule has 7 heteroatoms. The van der Waals surface area contributed by atoms with Gasteiger partial charge in [-0.15, -0.1) is 10.5 Å². The minimum Gasteiger partial charge on any atom is -0.478 e. The van der Waals surface area contributed by atoms with Crippen LogP contribution in [-0.4, -0.2) is 22.2 Å². The Kier molecular flexibility index (Phi) is 6.59. The van der Waals surface area contributed by atoms with Crippen molar-refractivity contribution in [2.24, 2.45) is 10.3 Å². The number of rotatable bonds is 2. The van der Waals surface area contributed by atoms with Crippen LogP contribution in [0.2, 0.25) is 0 Å². The highest BCUT2D eigenvalue weighted by Crippen LogP contribution is 2.12. The number of nitrogens with zero attached hydrogens (tertiary/aromatic N) is 3. The van der Waals surface area contributed by atoms with Crippen molar-refractivity contribution in [2.45, 2.75) is 19.8 Å². The van der Waals surface area contributed by atoms with Crippen molar-refractivity contribution >= 4 is 11.9 Å². The van der Waals surface area contributed by atoms with Gasteiger partial charge in [0.15, 0.2) is 0 Å². The minimum absolute atomic E-state index is 0.00241. The zero-order valence-electron chi connectivity index (χ0n) is 11.4. The van der Waals surface area contributed by atoms with Crippen molar-refractivity contribution in [1.82, 2.24) is 5.43 Å². The van der Waals surface area contributed by atoms with Crippen LogP contribution in [0.4, 0.5) is 0 Å². The van der Waals surface area contributed by atoms with Gasteiger partial charge in [-0.25, -0.2) is 9.59 Å². The molecular formula is C14H15N3O4. The van der Waals surface area contributed by atoms with Gasteiger partial charge in [0.05, 0.1) is 23.5 Å². The van der Waals surface area contributed by atoms with Crippen LogP contribution in [0.1, 0.15) is 39.1 Å². The predicted octanol–water partition coefficient (Wildman–Crippen LogP) is 2.82. The zero-order valence-corrected chi connectivity index (χ0v) is 11.4. The first kappa shape index (κ1) is 16.4. The van der Waals surface area contributed by atoms with E-state index in [0.29, 0.717) is 5.56 Å². The lowest BCUT2D eigenvalue weighted by atomic mass is 10.1. The topological polar surface area (TPSA) is 113 Å². The van der Waals surface area contributed by atoms with Crippen LogP contribution in [0.3, 0.4) is 0 Å². The molecule has 2 aliphatic rings. The van der Waals surface area contributed by atoms with Crippen molar-refractivity contribution < 1.29 is 19.8 Å². The van der Waals surface area contributed by atoms with Crippen molar-refractivity contribution in [1.29, 1.82) is 0 Å². The molecule has 1 saturated carbocycles. The molecular weight excluding hydrogens is 274 g/mol. The molecule has 1 aliphatic carbocycles. The third-order valence-electron chi connectivity index (χ3n) is 2.16. The molecule has 1 fully saturated rings. The Morgan fingerprint density at radius 3 is 1.76 bits per heavy atom. The van der Waals surface area contributed by atoms with E-state index < -0.39 is 11.9 Å². The highest BCUT2D eigenvalue weighted by Gasteiger charge is 2.09. The zero-order chi connectivity index (χ0) is 15.7. The minimum atomic E-state index is -1.12. The van der Waals surface area contributed by atoms with Crippen molar-refractivity contribution in [3.63, 3.8) is 0 Å². The van der Waals surface area contributed by atoms with Crippen LogP contribution in [-0.2, 0) is 0 Å². The number of hydrogen-bond donors (Lipinski definition) is 2. The number of carboxylic acid groups (broad SMARTS) is 2. The average molecular weight is 289 g/mol. The summed E-state index contributed by atoms with van der Waals surface area (Å²) in [7, 11) is 0. The van der Waals surface area contributed by atoms with Crippen molar-refractivity contribution in [3.05, 3.63) is 53.7 Å². The van der Waals surface area contributed by atoms with Gasteiger partial charge in [-0.3, -0.25) is 0 Å². The summed E-state index contributed by atoms with van der Waals surface area (Å²) in [6.07, 6.45) is 8.06. The van der Waals surface area contributed by atoms with Crippen molar-refractivity contribution in [2.75, 3.05) is 0 Å². The fourth-order valence-electron chi connectivity index (χ4n) is 1.18. The summed E-state index contributed by atoms with van der Waals surface area (Å²) in [5.41, 5.74) is 3.98. The van der Waals surface area contributed by atoms with Gasteiger partial charge in [-0.05, 0) is 55.2 Å². The Hall–Kier alpha value is -2.70. The van der Waals surface area contributed by atoms with E-state index in [-0.39, 0.29) is 11.1 Å². The molecule has 1 aromatic rings. The van der Waals surface area contributed by atoms with Crippen molar-refractivity contribution in [3.8, 4) is 0 Å². The van der Waals surface area contributed by atoms with Gasteiger partial charge in [0, 0.05) is 0 Å². The summed E-state index contributed by atoms with van der Waals surface area (Å²) in [6.45, 7) is 1.65. The first-order chi connectivity index (χ1) is 10.0.